The lowest BCUT2D eigenvalue weighted by atomic mass is 10.3. The van der Waals surface area contributed by atoms with Crippen LogP contribution in [0, 0.1) is 0 Å². The molecule has 0 aromatic carbocycles. The van der Waals surface area contributed by atoms with Crippen LogP contribution in [0.4, 0.5) is 0 Å². The first-order valence-electron chi connectivity index (χ1n) is 5.18. The van der Waals surface area contributed by atoms with Gasteiger partial charge in [-0.15, -0.1) is 0 Å². The minimum absolute atomic E-state index is 0.00690. The highest BCUT2D eigenvalue weighted by atomic mass is 16.5. The van der Waals surface area contributed by atoms with Gasteiger partial charge in [-0.2, -0.15) is 0 Å². The Balaban J connectivity index is 3.80. The highest BCUT2D eigenvalue weighted by molar-refractivity contribution is 5.77. The molecule has 0 bridgehead atoms. The monoisotopic (exact) mass is 233 g/mol. The second-order valence-corrected chi connectivity index (χ2v) is 3.46. The quantitative estimate of drug-likeness (QED) is 0.488. The molecule has 0 saturated heterocycles. The number of ether oxygens (including phenoxy) is 1. The van der Waals surface area contributed by atoms with E-state index in [0.717, 1.165) is 0 Å². The SMILES string of the molecule is CC(=O)CN(CCOCCO)CCC(=O)O. The summed E-state index contributed by atoms with van der Waals surface area (Å²) in [4.78, 5) is 23.0. The highest BCUT2D eigenvalue weighted by Crippen LogP contribution is 1.93. The fraction of sp³-hybridized carbons (Fsp3) is 0.800. The van der Waals surface area contributed by atoms with Crippen LogP contribution in [-0.4, -0.2) is 66.3 Å². The van der Waals surface area contributed by atoms with Crippen molar-refractivity contribution < 1.29 is 24.5 Å². The van der Waals surface area contributed by atoms with E-state index in [1.54, 1.807) is 4.90 Å². The predicted molar refractivity (Wildman–Crippen MR) is 57.3 cm³/mol. The van der Waals surface area contributed by atoms with Crippen LogP contribution >= 0.6 is 0 Å². The number of nitrogens with zero attached hydrogens (tertiary/aromatic N) is 1. The second kappa shape index (κ2) is 9.26. The minimum Gasteiger partial charge on any atom is -0.481 e. The summed E-state index contributed by atoms with van der Waals surface area (Å²) < 4.78 is 5.05. The highest BCUT2D eigenvalue weighted by Gasteiger charge is 2.09. The molecule has 0 heterocycles. The molecule has 0 aromatic heterocycles. The lowest BCUT2D eigenvalue weighted by Gasteiger charge is -2.19. The van der Waals surface area contributed by atoms with Crippen LogP contribution in [0.5, 0.6) is 0 Å². The number of rotatable bonds is 10. The van der Waals surface area contributed by atoms with Crippen LogP contribution < -0.4 is 0 Å². The number of aliphatic hydroxyl groups is 1. The lowest BCUT2D eigenvalue weighted by molar-refractivity contribution is -0.137. The molecule has 0 rings (SSSR count). The van der Waals surface area contributed by atoms with Gasteiger partial charge in [-0.05, 0) is 6.92 Å². The van der Waals surface area contributed by atoms with E-state index >= 15 is 0 Å². The van der Waals surface area contributed by atoms with Crippen LogP contribution in [0.1, 0.15) is 13.3 Å². The fourth-order valence-corrected chi connectivity index (χ4v) is 1.20. The van der Waals surface area contributed by atoms with Gasteiger partial charge in [-0.3, -0.25) is 14.5 Å². The normalized spacial score (nSPS) is 10.7. The minimum atomic E-state index is -0.884. The molecule has 0 aliphatic heterocycles. The summed E-state index contributed by atoms with van der Waals surface area (Å²) in [5, 5.41) is 17.0. The molecule has 16 heavy (non-hydrogen) atoms. The van der Waals surface area contributed by atoms with Crippen LogP contribution in [0.25, 0.3) is 0 Å². The van der Waals surface area contributed by atoms with Crippen molar-refractivity contribution in [3.8, 4) is 0 Å². The molecule has 0 saturated carbocycles. The number of ketones is 1. The molecule has 0 spiro atoms. The van der Waals surface area contributed by atoms with Gasteiger partial charge in [0.15, 0.2) is 0 Å². The van der Waals surface area contributed by atoms with Crippen LogP contribution in [0.15, 0.2) is 0 Å². The van der Waals surface area contributed by atoms with Crippen LogP contribution in [0.2, 0.25) is 0 Å². The first kappa shape index (κ1) is 15.0. The van der Waals surface area contributed by atoms with Crippen molar-refractivity contribution in [1.29, 1.82) is 0 Å². The Hall–Kier alpha value is -0.980. The Labute approximate surface area is 94.8 Å². The van der Waals surface area contributed by atoms with E-state index in [-0.39, 0.29) is 32.0 Å². The molecule has 2 N–H and O–H groups in total. The average Bonchev–Trinajstić information content (AvgIpc) is 2.19. The second-order valence-electron chi connectivity index (χ2n) is 3.46. The maximum absolute atomic E-state index is 10.9. The lowest BCUT2D eigenvalue weighted by Crippen LogP contribution is -2.34. The molecule has 6 heteroatoms. The van der Waals surface area contributed by atoms with E-state index in [1.807, 2.05) is 0 Å². The topological polar surface area (TPSA) is 87.1 Å². The predicted octanol–water partition coefficient (Wildman–Crippen LogP) is -0.639. The Morgan fingerprint density at radius 2 is 1.94 bits per heavy atom. The summed E-state index contributed by atoms with van der Waals surface area (Å²) >= 11 is 0. The Morgan fingerprint density at radius 1 is 1.25 bits per heavy atom. The van der Waals surface area contributed by atoms with Crippen LogP contribution in [-0.2, 0) is 14.3 Å². The van der Waals surface area contributed by atoms with E-state index in [2.05, 4.69) is 0 Å². The average molecular weight is 233 g/mol. The van der Waals surface area contributed by atoms with Gasteiger partial charge in [-0.25, -0.2) is 0 Å². The standard InChI is InChI=1S/C10H19NO5/c1-9(13)8-11(3-2-10(14)15)4-6-16-7-5-12/h12H,2-8H2,1H3,(H,14,15). The van der Waals surface area contributed by atoms with Crippen LogP contribution in [0.3, 0.4) is 0 Å². The number of carbonyl (C=O) groups excluding carboxylic acids is 1. The zero-order valence-corrected chi connectivity index (χ0v) is 9.52. The summed E-state index contributed by atoms with van der Waals surface area (Å²) in [6.45, 7) is 3.12. The summed E-state index contributed by atoms with van der Waals surface area (Å²) in [7, 11) is 0. The molecule has 0 atom stereocenters. The first-order valence-corrected chi connectivity index (χ1v) is 5.18. The van der Waals surface area contributed by atoms with Gasteiger partial charge < -0.3 is 14.9 Å². The number of aliphatic carboxylic acids is 1. The molecule has 6 nitrogen and oxygen atoms in total. The number of carboxylic acids is 1. The number of carbonyl (C=O) groups is 2. The van der Waals surface area contributed by atoms with E-state index in [1.165, 1.54) is 6.92 Å². The van der Waals surface area contributed by atoms with Crippen molar-refractivity contribution in [2.75, 3.05) is 39.5 Å². The van der Waals surface area contributed by atoms with Crippen molar-refractivity contribution >= 4 is 11.8 Å². The number of hydrogen-bond donors (Lipinski definition) is 2. The maximum Gasteiger partial charge on any atom is 0.304 e. The molecule has 0 fully saturated rings. The number of carboxylic acid groups (broad SMARTS) is 1. The Bertz CT molecular complexity index is 219. The molecule has 0 unspecified atom stereocenters. The first-order chi connectivity index (χ1) is 7.56. The number of aliphatic hydroxyl groups excluding tert-OH is 1. The third-order valence-corrected chi connectivity index (χ3v) is 1.88. The van der Waals surface area contributed by atoms with Crippen molar-refractivity contribution in [3.63, 3.8) is 0 Å². The molecule has 0 amide bonds. The summed E-state index contributed by atoms with van der Waals surface area (Å²) in [5.41, 5.74) is 0. The molecule has 0 radical (unpaired) electrons. The zero-order valence-electron chi connectivity index (χ0n) is 9.52. The number of Topliss-reactive ketones (excluding diaryl/α,β-unsaturated/α-hetero) is 1. The Kier molecular flexibility index (Phi) is 8.69. The Morgan fingerprint density at radius 3 is 2.44 bits per heavy atom. The molecule has 0 aliphatic rings. The van der Waals surface area contributed by atoms with Crippen molar-refractivity contribution in [2.24, 2.45) is 0 Å². The third-order valence-electron chi connectivity index (χ3n) is 1.88. The van der Waals surface area contributed by atoms with Crippen molar-refractivity contribution in [1.82, 2.24) is 4.90 Å². The van der Waals surface area contributed by atoms with E-state index < -0.39 is 5.97 Å². The van der Waals surface area contributed by atoms with Gasteiger partial charge in [0, 0.05) is 13.1 Å². The van der Waals surface area contributed by atoms with Gasteiger partial charge in [0.25, 0.3) is 0 Å². The maximum atomic E-state index is 10.9. The summed E-state index contributed by atoms with van der Waals surface area (Å²) in [5.74, 6) is -0.891. The van der Waals surface area contributed by atoms with Gasteiger partial charge in [0.05, 0.1) is 32.8 Å². The van der Waals surface area contributed by atoms with Crippen molar-refractivity contribution in [2.45, 2.75) is 13.3 Å². The molecular formula is C10H19NO5. The summed E-state index contributed by atoms with van der Waals surface area (Å²) in [6, 6.07) is 0. The molecule has 94 valence electrons. The third kappa shape index (κ3) is 9.57. The molecule has 0 aliphatic carbocycles. The van der Waals surface area contributed by atoms with Gasteiger partial charge in [-0.1, -0.05) is 0 Å². The zero-order chi connectivity index (χ0) is 12.4. The van der Waals surface area contributed by atoms with E-state index in [9.17, 15) is 9.59 Å². The summed E-state index contributed by atoms with van der Waals surface area (Å²) in [6.07, 6.45) is 0.00722. The van der Waals surface area contributed by atoms with Gasteiger partial charge in [0.2, 0.25) is 0 Å². The number of hydrogen-bond acceptors (Lipinski definition) is 5. The molecular weight excluding hydrogens is 214 g/mol. The van der Waals surface area contributed by atoms with Crippen molar-refractivity contribution in [3.05, 3.63) is 0 Å². The largest absolute Gasteiger partial charge is 0.481 e. The van der Waals surface area contributed by atoms with E-state index in [0.29, 0.717) is 19.7 Å². The van der Waals surface area contributed by atoms with Gasteiger partial charge >= 0.3 is 5.97 Å². The smallest absolute Gasteiger partial charge is 0.304 e. The van der Waals surface area contributed by atoms with Gasteiger partial charge in [0.1, 0.15) is 5.78 Å². The fourth-order valence-electron chi connectivity index (χ4n) is 1.20. The van der Waals surface area contributed by atoms with E-state index in [4.69, 9.17) is 14.9 Å². The molecule has 0 aromatic rings.